The third-order valence-electron chi connectivity index (χ3n) is 3.42. The normalized spacial score (nSPS) is 35.0. The molecule has 1 fully saturated rings. The quantitative estimate of drug-likeness (QED) is 0.670. The van der Waals surface area contributed by atoms with Crippen LogP contribution in [0, 0.1) is 5.92 Å². The fraction of sp³-hybridized carbons (Fsp3) is 0.667. The molecular weight excluding hydrogens is 210 g/mol. The number of allylic oxidation sites excluding steroid dienone is 3. The molecule has 1 heterocycles. The van der Waals surface area contributed by atoms with Crippen LogP contribution < -0.4 is 5.32 Å². The summed E-state index contributed by atoms with van der Waals surface area (Å²) in [4.78, 5) is 0. The third kappa shape index (κ3) is 2.27. The molecule has 0 spiro atoms. The predicted molar refractivity (Wildman–Crippen MR) is 63.1 cm³/mol. The van der Waals surface area contributed by atoms with E-state index in [9.17, 15) is 5.11 Å². The van der Waals surface area contributed by atoms with Crippen LogP contribution in [0.4, 0.5) is 0 Å². The molecule has 2 N–H and O–H groups in total. The molecule has 0 aromatic carbocycles. The maximum absolute atomic E-state index is 10.5. The van der Waals surface area contributed by atoms with Crippen molar-refractivity contribution in [3.8, 4) is 0 Å². The standard InChI is InChI=1S/C12H18ClNO/c1-9-2-3-10(11(13)8-9)12(15)4-6-14-7-5-12/h2-3,8,10-11,14-15H,4-7H2,1H3. The Morgan fingerprint density at radius 3 is 2.73 bits per heavy atom. The molecule has 2 aliphatic rings. The number of hydrogen-bond donors (Lipinski definition) is 2. The second-order valence-electron chi connectivity index (χ2n) is 4.59. The van der Waals surface area contributed by atoms with Crippen molar-refractivity contribution in [2.45, 2.75) is 30.7 Å². The van der Waals surface area contributed by atoms with Gasteiger partial charge >= 0.3 is 0 Å². The lowest BCUT2D eigenvalue weighted by Crippen LogP contribution is -2.49. The first-order chi connectivity index (χ1) is 7.12. The minimum absolute atomic E-state index is 0.0602. The third-order valence-corrected chi connectivity index (χ3v) is 3.82. The molecule has 0 aromatic rings. The first-order valence-electron chi connectivity index (χ1n) is 5.56. The largest absolute Gasteiger partial charge is 0.389 e. The highest BCUT2D eigenvalue weighted by Gasteiger charge is 2.40. The molecule has 2 unspecified atom stereocenters. The van der Waals surface area contributed by atoms with Crippen LogP contribution in [0.15, 0.2) is 23.8 Å². The highest BCUT2D eigenvalue weighted by Crippen LogP contribution is 2.36. The summed E-state index contributed by atoms with van der Waals surface area (Å²) < 4.78 is 0. The Kier molecular flexibility index (Phi) is 3.19. The zero-order chi connectivity index (χ0) is 10.9. The van der Waals surface area contributed by atoms with E-state index < -0.39 is 5.60 Å². The summed E-state index contributed by atoms with van der Waals surface area (Å²) in [7, 11) is 0. The molecule has 0 radical (unpaired) electrons. The lowest BCUT2D eigenvalue weighted by molar-refractivity contribution is -0.0255. The molecular formula is C12H18ClNO. The molecule has 3 heteroatoms. The zero-order valence-electron chi connectivity index (χ0n) is 9.04. The van der Waals surface area contributed by atoms with Gasteiger partial charge in [0.15, 0.2) is 0 Å². The van der Waals surface area contributed by atoms with Crippen molar-refractivity contribution in [1.82, 2.24) is 5.32 Å². The second-order valence-corrected chi connectivity index (χ2v) is 5.10. The van der Waals surface area contributed by atoms with Gasteiger partial charge in [0.1, 0.15) is 0 Å². The van der Waals surface area contributed by atoms with Gasteiger partial charge < -0.3 is 10.4 Å². The molecule has 1 aliphatic carbocycles. The summed E-state index contributed by atoms with van der Waals surface area (Å²) >= 11 is 6.29. The smallest absolute Gasteiger partial charge is 0.0751 e. The molecule has 84 valence electrons. The molecule has 0 saturated carbocycles. The number of halogens is 1. The maximum Gasteiger partial charge on any atom is 0.0751 e. The van der Waals surface area contributed by atoms with Gasteiger partial charge in [-0.25, -0.2) is 0 Å². The summed E-state index contributed by atoms with van der Waals surface area (Å²) in [6, 6.07) is 0. The van der Waals surface area contributed by atoms with E-state index in [0.29, 0.717) is 0 Å². The summed E-state index contributed by atoms with van der Waals surface area (Å²) in [5, 5.41) is 13.7. The van der Waals surface area contributed by atoms with E-state index in [-0.39, 0.29) is 11.3 Å². The number of rotatable bonds is 1. The molecule has 1 saturated heterocycles. The first-order valence-corrected chi connectivity index (χ1v) is 5.99. The highest BCUT2D eigenvalue weighted by atomic mass is 35.5. The summed E-state index contributed by atoms with van der Waals surface area (Å²) in [6.07, 6.45) is 7.74. The lowest BCUT2D eigenvalue weighted by atomic mass is 9.76. The molecule has 2 nitrogen and oxygen atoms in total. The minimum Gasteiger partial charge on any atom is -0.389 e. The van der Waals surface area contributed by atoms with Gasteiger partial charge in [0.2, 0.25) is 0 Å². The summed E-state index contributed by atoms with van der Waals surface area (Å²) in [5.74, 6) is 0.0602. The SMILES string of the molecule is CC1=CC(Cl)C(C2(O)CCNCC2)C=C1. The molecule has 2 atom stereocenters. The minimum atomic E-state index is -0.620. The van der Waals surface area contributed by atoms with Crippen LogP contribution in [-0.4, -0.2) is 29.2 Å². The Bertz CT molecular complexity index is 292. The van der Waals surface area contributed by atoms with Gasteiger partial charge in [0.05, 0.1) is 11.0 Å². The van der Waals surface area contributed by atoms with Crippen molar-refractivity contribution in [2.75, 3.05) is 13.1 Å². The predicted octanol–water partition coefficient (Wildman–Crippen LogP) is 1.84. The Labute approximate surface area is 96.0 Å². The van der Waals surface area contributed by atoms with Gasteiger partial charge in [-0.05, 0) is 32.9 Å². The van der Waals surface area contributed by atoms with E-state index in [4.69, 9.17) is 11.6 Å². The van der Waals surface area contributed by atoms with Crippen molar-refractivity contribution in [3.05, 3.63) is 23.8 Å². The summed E-state index contributed by atoms with van der Waals surface area (Å²) in [6.45, 7) is 3.80. The molecule has 15 heavy (non-hydrogen) atoms. The molecule has 0 aromatic heterocycles. The number of piperidine rings is 1. The number of nitrogens with one attached hydrogen (secondary N) is 1. The fourth-order valence-corrected chi connectivity index (χ4v) is 2.96. The first kappa shape index (κ1) is 11.2. The van der Waals surface area contributed by atoms with Gasteiger partial charge in [-0.2, -0.15) is 0 Å². The van der Waals surface area contributed by atoms with E-state index in [1.165, 1.54) is 5.57 Å². The van der Waals surface area contributed by atoms with Crippen LogP contribution in [0.2, 0.25) is 0 Å². The van der Waals surface area contributed by atoms with E-state index >= 15 is 0 Å². The van der Waals surface area contributed by atoms with Crippen molar-refractivity contribution >= 4 is 11.6 Å². The fourth-order valence-electron chi connectivity index (χ4n) is 2.44. The van der Waals surface area contributed by atoms with Gasteiger partial charge in [-0.3, -0.25) is 0 Å². The average Bonchev–Trinajstić information content (AvgIpc) is 2.18. The monoisotopic (exact) mass is 227 g/mol. The van der Waals surface area contributed by atoms with Crippen LogP contribution >= 0.6 is 11.6 Å². The maximum atomic E-state index is 10.5. The Morgan fingerprint density at radius 1 is 1.47 bits per heavy atom. The topological polar surface area (TPSA) is 32.3 Å². The zero-order valence-corrected chi connectivity index (χ0v) is 9.80. The number of hydrogen-bond acceptors (Lipinski definition) is 2. The second kappa shape index (κ2) is 4.28. The van der Waals surface area contributed by atoms with Crippen molar-refractivity contribution in [3.63, 3.8) is 0 Å². The Balaban J connectivity index is 2.13. The van der Waals surface area contributed by atoms with Crippen LogP contribution in [0.25, 0.3) is 0 Å². The van der Waals surface area contributed by atoms with Crippen LogP contribution in [0.1, 0.15) is 19.8 Å². The molecule has 0 amide bonds. The van der Waals surface area contributed by atoms with Crippen LogP contribution in [0.5, 0.6) is 0 Å². The van der Waals surface area contributed by atoms with Gasteiger partial charge in [0.25, 0.3) is 0 Å². The Hall–Kier alpha value is -0.310. The summed E-state index contributed by atoms with van der Waals surface area (Å²) in [5.41, 5.74) is 0.564. The van der Waals surface area contributed by atoms with Crippen molar-refractivity contribution in [2.24, 2.45) is 5.92 Å². The highest BCUT2D eigenvalue weighted by molar-refractivity contribution is 6.22. The number of alkyl halides is 1. The van der Waals surface area contributed by atoms with Crippen LogP contribution in [0.3, 0.4) is 0 Å². The number of aliphatic hydroxyl groups is 1. The van der Waals surface area contributed by atoms with E-state index in [1.807, 2.05) is 13.0 Å². The van der Waals surface area contributed by atoms with Crippen molar-refractivity contribution in [1.29, 1.82) is 0 Å². The Morgan fingerprint density at radius 2 is 2.13 bits per heavy atom. The average molecular weight is 228 g/mol. The molecule has 1 aliphatic heterocycles. The lowest BCUT2D eigenvalue weighted by Gasteiger charge is -2.40. The van der Waals surface area contributed by atoms with Crippen LogP contribution in [-0.2, 0) is 0 Å². The van der Waals surface area contributed by atoms with Crippen molar-refractivity contribution < 1.29 is 5.11 Å². The molecule has 0 bridgehead atoms. The van der Waals surface area contributed by atoms with E-state index in [0.717, 1.165) is 25.9 Å². The van der Waals surface area contributed by atoms with E-state index in [1.54, 1.807) is 0 Å². The van der Waals surface area contributed by atoms with E-state index in [2.05, 4.69) is 17.5 Å². The van der Waals surface area contributed by atoms with Gasteiger partial charge in [-0.15, -0.1) is 11.6 Å². The molecule has 2 rings (SSSR count). The van der Waals surface area contributed by atoms with Gasteiger partial charge in [0, 0.05) is 5.92 Å². The van der Waals surface area contributed by atoms with Gasteiger partial charge in [-0.1, -0.05) is 23.8 Å².